The van der Waals surface area contributed by atoms with Crippen molar-refractivity contribution in [2.45, 2.75) is 17.5 Å². The fourth-order valence-electron chi connectivity index (χ4n) is 1.75. The van der Waals surface area contributed by atoms with Crippen molar-refractivity contribution >= 4 is 38.9 Å². The summed E-state index contributed by atoms with van der Waals surface area (Å²) in [6, 6.07) is 0. The Balaban J connectivity index is 2.30. The monoisotopic (exact) mass is 285 g/mol. The minimum atomic E-state index is 0.117. The Labute approximate surface area is 99.6 Å². The molecule has 4 nitrogen and oxygen atoms in total. The second kappa shape index (κ2) is 3.18. The predicted molar refractivity (Wildman–Crippen MR) is 62.2 cm³/mol. The number of H-pyrrole nitrogens is 1. The molecule has 6 heteroatoms. The number of imidazole rings is 1. The summed E-state index contributed by atoms with van der Waals surface area (Å²) in [5.41, 5.74) is 1.96. The summed E-state index contributed by atoms with van der Waals surface area (Å²) in [5.74, 6) is 1.07. The molecule has 1 aliphatic heterocycles. The van der Waals surface area contributed by atoms with Crippen molar-refractivity contribution in [3.63, 3.8) is 0 Å². The molecule has 1 unspecified atom stereocenters. The molecule has 3 heterocycles. The number of hydrogen-bond donors (Lipinski definition) is 1. The van der Waals surface area contributed by atoms with E-state index in [4.69, 9.17) is 0 Å². The molecule has 15 heavy (non-hydrogen) atoms. The minimum Gasteiger partial charge on any atom is -0.337 e. The number of aromatic amines is 1. The molecule has 0 amide bonds. The maximum atomic E-state index is 4.34. The van der Waals surface area contributed by atoms with Crippen LogP contribution in [0.15, 0.2) is 17.7 Å². The lowest BCUT2D eigenvalue weighted by atomic mass is 10.1. The molecule has 78 valence electrons. The third-order valence-electron chi connectivity index (χ3n) is 2.74. The molecule has 0 bridgehead atoms. The molecular weight excluding hydrogens is 276 g/mol. The van der Waals surface area contributed by atoms with Gasteiger partial charge in [0.05, 0.1) is 6.33 Å². The number of halogens is 1. The highest BCUT2D eigenvalue weighted by atomic mass is 79.9. The first-order valence-corrected chi connectivity index (χ1v) is 6.78. The number of alkyl halides is 1. The highest BCUT2D eigenvalue weighted by Crippen LogP contribution is 2.34. The first-order valence-electron chi connectivity index (χ1n) is 4.67. The van der Waals surface area contributed by atoms with Gasteiger partial charge in [0.1, 0.15) is 5.54 Å². The van der Waals surface area contributed by atoms with Gasteiger partial charge in [-0.25, -0.2) is 4.57 Å². The van der Waals surface area contributed by atoms with Gasteiger partial charge in [-0.2, -0.15) is 4.98 Å². The van der Waals surface area contributed by atoms with Gasteiger partial charge >= 0.3 is 0 Å². The summed E-state index contributed by atoms with van der Waals surface area (Å²) in [7, 11) is 0. The molecule has 0 fully saturated rings. The fraction of sp³-hybridized carbons (Fsp3) is 0.444. The van der Waals surface area contributed by atoms with Crippen molar-refractivity contribution in [3.05, 3.63) is 12.7 Å². The van der Waals surface area contributed by atoms with Gasteiger partial charge in [-0.15, -0.1) is 0 Å². The lowest BCUT2D eigenvalue weighted by Gasteiger charge is -2.17. The normalized spacial score (nSPS) is 24.7. The van der Waals surface area contributed by atoms with E-state index in [9.17, 15) is 0 Å². The van der Waals surface area contributed by atoms with Gasteiger partial charge in [-0.05, 0) is 11.9 Å². The predicted octanol–water partition coefficient (Wildman–Crippen LogP) is 1.46. The molecule has 1 atom stereocenters. The van der Waals surface area contributed by atoms with E-state index >= 15 is 0 Å². The van der Waals surface area contributed by atoms with Crippen molar-refractivity contribution in [3.8, 4) is 0 Å². The lowest BCUT2D eigenvalue weighted by Crippen LogP contribution is -2.54. The van der Waals surface area contributed by atoms with Gasteiger partial charge in [0.2, 0.25) is 0 Å². The van der Waals surface area contributed by atoms with Gasteiger partial charge in [0.25, 0.3) is 12.0 Å². The third-order valence-corrected chi connectivity index (χ3v) is 5.39. The number of aromatic nitrogens is 4. The van der Waals surface area contributed by atoms with Gasteiger partial charge in [-0.3, -0.25) is 0 Å². The van der Waals surface area contributed by atoms with Crippen molar-refractivity contribution in [1.82, 2.24) is 15.0 Å². The zero-order valence-corrected chi connectivity index (χ0v) is 10.6. The smallest absolute Gasteiger partial charge is 0.296 e. The average Bonchev–Trinajstić information content (AvgIpc) is 2.83. The van der Waals surface area contributed by atoms with E-state index in [0.717, 1.165) is 22.2 Å². The topological polar surface area (TPSA) is 45.5 Å². The number of nitrogens with one attached hydrogen (secondary N) is 1. The number of nitrogens with zero attached hydrogens (tertiary/aromatic N) is 3. The van der Waals surface area contributed by atoms with Crippen LogP contribution >= 0.6 is 27.7 Å². The molecule has 3 rings (SSSR count). The first-order chi connectivity index (χ1) is 7.24. The van der Waals surface area contributed by atoms with Gasteiger partial charge < -0.3 is 4.98 Å². The Kier molecular flexibility index (Phi) is 2.04. The van der Waals surface area contributed by atoms with Crippen LogP contribution < -0.4 is 4.57 Å². The van der Waals surface area contributed by atoms with Crippen LogP contribution in [0.1, 0.15) is 6.92 Å². The molecule has 0 aliphatic carbocycles. The Morgan fingerprint density at radius 3 is 3.33 bits per heavy atom. The molecule has 0 saturated heterocycles. The van der Waals surface area contributed by atoms with Gasteiger partial charge in [0, 0.05) is 11.1 Å². The number of thioether (sulfide) groups is 1. The second-order valence-electron chi connectivity index (χ2n) is 3.94. The summed E-state index contributed by atoms with van der Waals surface area (Å²) in [6.45, 7) is 2.23. The molecule has 2 aromatic rings. The van der Waals surface area contributed by atoms with Crippen LogP contribution in [0.5, 0.6) is 0 Å². The standard InChI is InChI=1S/C9H9BrN4S/c1-9(2-10)3-15-8-6-7(12-4-11-6)13-5-14(8)9/h4-5H,2-3H2,1H3/p+1. The summed E-state index contributed by atoms with van der Waals surface area (Å²) in [6.07, 6.45) is 3.59. The molecule has 1 N–H and O–H groups in total. The molecule has 0 saturated carbocycles. The second-order valence-corrected chi connectivity index (χ2v) is 5.46. The van der Waals surface area contributed by atoms with Gasteiger partial charge in [0.15, 0.2) is 10.5 Å². The van der Waals surface area contributed by atoms with E-state index < -0.39 is 0 Å². The Hall–Kier alpha value is -0.620. The summed E-state index contributed by atoms with van der Waals surface area (Å²) >= 11 is 5.42. The van der Waals surface area contributed by atoms with Crippen LogP contribution in [0, 0.1) is 0 Å². The summed E-state index contributed by atoms with van der Waals surface area (Å²) < 4.78 is 2.23. The van der Waals surface area contributed by atoms with E-state index in [1.54, 1.807) is 6.33 Å². The Morgan fingerprint density at radius 2 is 2.53 bits per heavy atom. The molecule has 0 radical (unpaired) electrons. The van der Waals surface area contributed by atoms with E-state index in [-0.39, 0.29) is 5.54 Å². The summed E-state index contributed by atoms with van der Waals surface area (Å²) in [5, 5.41) is 2.17. The minimum absolute atomic E-state index is 0.117. The zero-order chi connectivity index (χ0) is 10.5. The molecule has 1 aliphatic rings. The van der Waals surface area contributed by atoms with E-state index in [2.05, 4.69) is 42.4 Å². The number of fused-ring (bicyclic) bond motifs is 3. The largest absolute Gasteiger partial charge is 0.337 e. The molecule has 0 aromatic carbocycles. The highest BCUT2D eigenvalue weighted by molar-refractivity contribution is 9.09. The quantitative estimate of drug-likeness (QED) is 0.490. The SMILES string of the molecule is CC1(CBr)CSc2c3[nH]cnc3nc[n+]21. The Bertz CT molecular complexity index is 526. The zero-order valence-electron chi connectivity index (χ0n) is 8.20. The van der Waals surface area contributed by atoms with Crippen molar-refractivity contribution in [2.24, 2.45) is 0 Å². The van der Waals surface area contributed by atoms with Crippen molar-refractivity contribution in [2.75, 3.05) is 11.1 Å². The van der Waals surface area contributed by atoms with Crippen LogP contribution in [0.2, 0.25) is 0 Å². The number of rotatable bonds is 1. The average molecular weight is 286 g/mol. The van der Waals surface area contributed by atoms with E-state index in [1.807, 2.05) is 18.1 Å². The van der Waals surface area contributed by atoms with Crippen LogP contribution in [0.4, 0.5) is 0 Å². The van der Waals surface area contributed by atoms with Crippen molar-refractivity contribution in [1.29, 1.82) is 0 Å². The molecule has 2 aromatic heterocycles. The maximum Gasteiger partial charge on any atom is 0.296 e. The lowest BCUT2D eigenvalue weighted by molar-refractivity contribution is -0.778. The maximum absolute atomic E-state index is 4.34. The molecule has 0 spiro atoms. The first kappa shape index (κ1) is 9.59. The number of hydrogen-bond acceptors (Lipinski definition) is 3. The summed E-state index contributed by atoms with van der Waals surface area (Å²) in [4.78, 5) is 11.7. The van der Waals surface area contributed by atoms with Gasteiger partial charge in [-0.1, -0.05) is 27.7 Å². The van der Waals surface area contributed by atoms with E-state index in [0.29, 0.717) is 0 Å². The third kappa shape index (κ3) is 1.24. The van der Waals surface area contributed by atoms with Crippen molar-refractivity contribution < 1.29 is 4.57 Å². The van der Waals surface area contributed by atoms with Crippen LogP contribution in [0.25, 0.3) is 11.2 Å². The van der Waals surface area contributed by atoms with E-state index in [1.165, 1.54) is 5.03 Å². The van der Waals surface area contributed by atoms with Crippen LogP contribution in [0.3, 0.4) is 0 Å². The fourth-order valence-corrected chi connectivity index (χ4v) is 3.87. The Morgan fingerprint density at radius 1 is 1.67 bits per heavy atom. The highest BCUT2D eigenvalue weighted by Gasteiger charge is 2.40. The van der Waals surface area contributed by atoms with Crippen LogP contribution in [-0.4, -0.2) is 26.0 Å². The van der Waals surface area contributed by atoms with Crippen LogP contribution in [-0.2, 0) is 5.54 Å². The molecular formula is C9H10BrN4S+.